The largest absolute Gasteiger partial charge is 0.590 e. The molecule has 1 rings (SSSR count). The Hall–Kier alpha value is -1.98. The Balaban J connectivity index is 2.93. The van der Waals surface area contributed by atoms with Crippen LogP contribution in [0.1, 0.15) is 0 Å². The van der Waals surface area contributed by atoms with Gasteiger partial charge in [-0.1, -0.05) is 18.2 Å². The molecule has 0 aliphatic carbocycles. The molecule has 0 fully saturated rings. The molecule has 0 radical (unpaired) electrons. The third kappa shape index (κ3) is 2.01. The van der Waals surface area contributed by atoms with E-state index in [-0.39, 0.29) is 10.5 Å². The van der Waals surface area contributed by atoms with E-state index in [1.54, 1.807) is 18.2 Å². The molecule has 62 valence electrons. The number of hydrogen-bond acceptors (Lipinski definition) is 3. The Labute approximate surface area is 67.5 Å². The van der Waals surface area contributed by atoms with Gasteiger partial charge in [0, 0.05) is 17.0 Å². The average molecular weight is 167 g/mol. The van der Waals surface area contributed by atoms with Crippen LogP contribution in [-0.2, 0) is 0 Å². The molecule has 0 spiro atoms. The van der Waals surface area contributed by atoms with Gasteiger partial charge in [0.15, 0.2) is 0 Å². The Morgan fingerprint density at radius 1 is 1.17 bits per heavy atom. The van der Waals surface area contributed by atoms with Crippen LogP contribution in [0.3, 0.4) is 0 Å². The second-order valence-corrected chi connectivity index (χ2v) is 1.94. The van der Waals surface area contributed by atoms with E-state index in [0.717, 1.165) is 0 Å². The van der Waals surface area contributed by atoms with E-state index in [4.69, 9.17) is 0 Å². The topological polar surface area (TPSA) is 81.6 Å². The lowest BCUT2D eigenvalue weighted by molar-refractivity contribution is -0.642. The van der Waals surface area contributed by atoms with E-state index in [1.807, 2.05) is 0 Å². The van der Waals surface area contributed by atoms with Crippen molar-refractivity contribution in [3.63, 3.8) is 0 Å². The fourth-order valence-corrected chi connectivity index (χ4v) is 0.673. The van der Waals surface area contributed by atoms with Crippen molar-refractivity contribution in [2.45, 2.75) is 0 Å². The van der Waals surface area contributed by atoms with Crippen LogP contribution in [0.25, 0.3) is 0 Å². The van der Waals surface area contributed by atoms with Gasteiger partial charge in [0.05, 0.1) is 0 Å². The first kappa shape index (κ1) is 8.12. The van der Waals surface area contributed by atoms with Crippen LogP contribution >= 0.6 is 0 Å². The van der Waals surface area contributed by atoms with Crippen molar-refractivity contribution in [2.75, 3.05) is 0 Å². The maximum absolute atomic E-state index is 10.8. The quantitative estimate of drug-likeness (QED) is 0.289. The van der Waals surface area contributed by atoms with Gasteiger partial charge in [-0.3, -0.25) is 0 Å². The lowest BCUT2D eigenvalue weighted by Crippen LogP contribution is -1.96. The molecule has 0 unspecified atom stereocenters. The third-order valence-electron chi connectivity index (χ3n) is 1.13. The predicted octanol–water partition coefficient (Wildman–Crippen LogP) is 1.47. The number of para-hydroxylation sites is 1. The lowest BCUT2D eigenvalue weighted by Gasteiger charge is -1.92. The summed E-state index contributed by atoms with van der Waals surface area (Å²) in [7, 11) is 0. The van der Waals surface area contributed by atoms with Crippen LogP contribution < -0.4 is 0 Å². The van der Waals surface area contributed by atoms with Crippen molar-refractivity contribution in [3.8, 4) is 0 Å². The van der Waals surface area contributed by atoms with Gasteiger partial charge in [0.1, 0.15) is 0 Å². The number of nitro groups is 1. The highest BCUT2D eigenvalue weighted by molar-refractivity contribution is 5.27. The summed E-state index contributed by atoms with van der Waals surface area (Å²) < 4.78 is 0. The second kappa shape index (κ2) is 3.42. The first-order valence-electron chi connectivity index (χ1n) is 3.08. The number of hydrogen-bond donors (Lipinski definition) is 0. The normalized spacial score (nSPS) is 11.2. The van der Waals surface area contributed by atoms with E-state index >= 15 is 0 Å². The fraction of sp³-hybridized carbons (Fsp3) is 0. The summed E-state index contributed by atoms with van der Waals surface area (Å²) in [5, 5.41) is 22.0. The second-order valence-electron chi connectivity index (χ2n) is 1.94. The first-order chi connectivity index (χ1) is 5.70. The summed E-state index contributed by atoms with van der Waals surface area (Å²) >= 11 is 0. The highest BCUT2D eigenvalue weighted by atomic mass is 16.7. The minimum Gasteiger partial charge on any atom is -0.590 e. The van der Waals surface area contributed by atoms with E-state index in [2.05, 4.69) is 5.22 Å². The van der Waals surface area contributed by atoms with Crippen molar-refractivity contribution in [2.24, 2.45) is 5.22 Å². The van der Waals surface area contributed by atoms with Gasteiger partial charge in [-0.2, -0.15) is 0 Å². The van der Waals surface area contributed by atoms with Crippen LogP contribution in [0.15, 0.2) is 35.6 Å². The van der Waals surface area contributed by atoms with Gasteiger partial charge < -0.3 is 5.21 Å². The predicted molar refractivity (Wildman–Crippen MR) is 39.2 cm³/mol. The standard InChI is InChI=1S/C6H5N3O3/c10-8(7-9(11)12)6-4-2-1-3-5-6/h1-5H. The summed E-state index contributed by atoms with van der Waals surface area (Å²) in [5.74, 6) is 0. The van der Waals surface area contributed by atoms with E-state index in [9.17, 15) is 15.3 Å². The molecule has 0 N–H and O–H groups in total. The highest BCUT2D eigenvalue weighted by Crippen LogP contribution is 2.08. The van der Waals surface area contributed by atoms with E-state index < -0.39 is 5.03 Å². The van der Waals surface area contributed by atoms with Gasteiger partial charge in [-0.05, 0) is 0 Å². The Kier molecular flexibility index (Phi) is 2.32. The molecule has 12 heavy (non-hydrogen) atoms. The van der Waals surface area contributed by atoms with Gasteiger partial charge in [0.25, 0.3) is 10.7 Å². The van der Waals surface area contributed by atoms with Gasteiger partial charge >= 0.3 is 5.22 Å². The van der Waals surface area contributed by atoms with Crippen molar-refractivity contribution in [1.82, 2.24) is 0 Å². The maximum Gasteiger partial charge on any atom is 0.349 e. The molecular formula is C6H5N3O3. The van der Waals surface area contributed by atoms with Gasteiger partial charge in [0.2, 0.25) is 0 Å². The van der Waals surface area contributed by atoms with Crippen LogP contribution in [0.2, 0.25) is 0 Å². The van der Waals surface area contributed by atoms with Crippen LogP contribution in [0, 0.1) is 15.3 Å². The summed E-state index contributed by atoms with van der Waals surface area (Å²) in [6.45, 7) is 0. The van der Waals surface area contributed by atoms with Crippen molar-refractivity contribution >= 4 is 5.69 Å². The van der Waals surface area contributed by atoms with Crippen LogP contribution in [0.4, 0.5) is 5.69 Å². The molecule has 0 aromatic heterocycles. The Morgan fingerprint density at radius 2 is 1.75 bits per heavy atom. The summed E-state index contributed by atoms with van der Waals surface area (Å²) in [6, 6.07) is 7.74. The summed E-state index contributed by atoms with van der Waals surface area (Å²) in [5.41, 5.74) is 0.134. The lowest BCUT2D eigenvalue weighted by atomic mass is 10.3. The average Bonchev–Trinajstić information content (AvgIpc) is 2.05. The molecule has 6 heteroatoms. The Bertz CT molecular complexity index is 309. The van der Waals surface area contributed by atoms with Crippen LogP contribution in [0.5, 0.6) is 0 Å². The van der Waals surface area contributed by atoms with Crippen molar-refractivity contribution in [3.05, 3.63) is 45.7 Å². The molecule has 0 saturated carbocycles. The number of rotatable bonds is 2. The highest BCUT2D eigenvalue weighted by Gasteiger charge is 2.05. The minimum atomic E-state index is -1.04. The smallest absolute Gasteiger partial charge is 0.349 e. The molecule has 0 amide bonds. The summed E-state index contributed by atoms with van der Waals surface area (Å²) in [4.78, 5) is 9.74. The SMILES string of the molecule is O=[N+]([O-])N=[N+]([O-])c1ccccc1. The minimum absolute atomic E-state index is 0.0417. The molecule has 0 aliphatic rings. The zero-order valence-corrected chi connectivity index (χ0v) is 5.95. The molecule has 0 saturated heterocycles. The molecule has 1 aromatic rings. The zero-order chi connectivity index (χ0) is 8.97. The number of nitrogens with zero attached hydrogens (tertiary/aromatic N) is 3. The monoisotopic (exact) mass is 167 g/mol. The van der Waals surface area contributed by atoms with E-state index in [1.165, 1.54) is 12.1 Å². The Morgan fingerprint density at radius 3 is 2.25 bits per heavy atom. The molecule has 0 heterocycles. The fourth-order valence-electron chi connectivity index (χ4n) is 0.673. The zero-order valence-electron chi connectivity index (χ0n) is 5.95. The van der Waals surface area contributed by atoms with Crippen LogP contribution in [-0.4, -0.2) is 9.89 Å². The third-order valence-corrected chi connectivity index (χ3v) is 1.13. The summed E-state index contributed by atoms with van der Waals surface area (Å²) in [6.07, 6.45) is 0. The molecule has 6 nitrogen and oxygen atoms in total. The number of benzene rings is 1. The van der Waals surface area contributed by atoms with Crippen molar-refractivity contribution in [1.29, 1.82) is 0 Å². The van der Waals surface area contributed by atoms with Gasteiger partial charge in [-0.15, -0.1) is 0 Å². The first-order valence-corrected chi connectivity index (χ1v) is 3.08. The molecule has 0 bridgehead atoms. The van der Waals surface area contributed by atoms with E-state index in [0.29, 0.717) is 0 Å². The molecule has 0 atom stereocenters. The molecule has 0 aliphatic heterocycles. The van der Waals surface area contributed by atoms with Gasteiger partial charge in [-0.25, -0.2) is 10.1 Å². The molecular weight excluding hydrogens is 162 g/mol. The van der Waals surface area contributed by atoms with Crippen molar-refractivity contribution < 1.29 is 9.89 Å². The maximum atomic E-state index is 10.8. The molecule has 1 aromatic carbocycles.